The highest BCUT2D eigenvalue weighted by molar-refractivity contribution is 9.10. The van der Waals surface area contributed by atoms with Gasteiger partial charge in [-0.2, -0.15) is 0 Å². The molecule has 0 radical (unpaired) electrons. The number of halogens is 1. The van der Waals surface area contributed by atoms with Crippen LogP contribution in [0, 0.1) is 0 Å². The van der Waals surface area contributed by atoms with E-state index in [-0.39, 0.29) is 12.3 Å². The summed E-state index contributed by atoms with van der Waals surface area (Å²) in [5.74, 6) is -0.989. The van der Waals surface area contributed by atoms with Crippen LogP contribution >= 0.6 is 15.9 Å². The molecule has 0 saturated carbocycles. The van der Waals surface area contributed by atoms with Crippen LogP contribution in [0.25, 0.3) is 11.3 Å². The number of hydrogen-bond acceptors (Lipinski definition) is 4. The Hall–Kier alpha value is -3.42. The number of likely N-dealkylation sites (N-methyl/N-ethyl adjacent to an activating group) is 1. The smallest absolute Gasteiger partial charge is 0.303 e. The highest BCUT2D eigenvalue weighted by Gasteiger charge is 2.28. The quantitative estimate of drug-likeness (QED) is 0.316. The molecule has 4 rings (SSSR count). The summed E-state index contributed by atoms with van der Waals surface area (Å²) >= 11 is 3.48. The van der Waals surface area contributed by atoms with E-state index in [0.29, 0.717) is 17.7 Å². The molecule has 35 heavy (non-hydrogen) atoms. The minimum Gasteiger partial charge on any atom is -0.481 e. The van der Waals surface area contributed by atoms with Gasteiger partial charge in [0.15, 0.2) is 0 Å². The molecule has 1 aliphatic rings. The maximum absolute atomic E-state index is 13.1. The third-order valence-corrected chi connectivity index (χ3v) is 6.38. The summed E-state index contributed by atoms with van der Waals surface area (Å²) in [6, 6.07) is 21.7. The van der Waals surface area contributed by atoms with Gasteiger partial charge in [0.25, 0.3) is 5.91 Å². The topological polar surface area (TPSA) is 81.7 Å². The van der Waals surface area contributed by atoms with Crippen LogP contribution in [0.1, 0.15) is 28.7 Å². The number of benzene rings is 3. The van der Waals surface area contributed by atoms with E-state index in [4.69, 9.17) is 5.11 Å². The van der Waals surface area contributed by atoms with E-state index in [0.717, 1.165) is 45.5 Å². The molecule has 180 valence electrons. The lowest BCUT2D eigenvalue weighted by molar-refractivity contribution is -0.137. The minimum atomic E-state index is -0.821. The average molecular weight is 534 g/mol. The second-order valence-corrected chi connectivity index (χ2v) is 9.78. The largest absolute Gasteiger partial charge is 0.481 e. The summed E-state index contributed by atoms with van der Waals surface area (Å²) in [5, 5.41) is 15.5. The monoisotopic (exact) mass is 533 g/mol. The van der Waals surface area contributed by atoms with Crippen LogP contribution in [0.2, 0.25) is 0 Å². The van der Waals surface area contributed by atoms with Crippen molar-refractivity contribution in [1.29, 1.82) is 0 Å². The Labute approximate surface area is 213 Å². The van der Waals surface area contributed by atoms with Crippen molar-refractivity contribution < 1.29 is 14.7 Å². The van der Waals surface area contributed by atoms with Gasteiger partial charge in [-0.3, -0.25) is 9.59 Å². The number of rotatable bonds is 9. The fraction of sp³-hybridized carbons (Fsp3) is 0.214. The molecule has 0 saturated heterocycles. The number of carbonyl (C=O) groups excluding carboxylic acids is 1. The lowest BCUT2D eigenvalue weighted by Crippen LogP contribution is -2.15. The molecule has 6 nitrogen and oxygen atoms in total. The van der Waals surface area contributed by atoms with Gasteiger partial charge < -0.3 is 20.6 Å². The van der Waals surface area contributed by atoms with Gasteiger partial charge in [-0.25, -0.2) is 0 Å². The van der Waals surface area contributed by atoms with Crippen LogP contribution in [-0.2, 0) is 22.4 Å². The van der Waals surface area contributed by atoms with E-state index in [1.165, 1.54) is 5.56 Å². The highest BCUT2D eigenvalue weighted by Crippen LogP contribution is 2.39. The van der Waals surface area contributed by atoms with Gasteiger partial charge in [0.05, 0.1) is 17.0 Å². The number of nitrogens with one attached hydrogen (secondary N) is 2. The molecule has 0 unspecified atom stereocenters. The SMILES string of the molecule is CN(C)CCc1cccc(NC(=C2C(=O)Nc3cc(Br)ccc32)c2ccc(CCC(=O)O)cc2)c1. The van der Waals surface area contributed by atoms with Gasteiger partial charge in [0.2, 0.25) is 0 Å². The van der Waals surface area contributed by atoms with Crippen molar-refractivity contribution in [1.82, 2.24) is 4.90 Å². The molecule has 0 bridgehead atoms. The van der Waals surface area contributed by atoms with Crippen molar-refractivity contribution in [3.8, 4) is 0 Å². The summed E-state index contributed by atoms with van der Waals surface area (Å²) in [6.07, 6.45) is 1.46. The summed E-state index contributed by atoms with van der Waals surface area (Å²) in [5.41, 5.74) is 6.77. The van der Waals surface area contributed by atoms with Crippen LogP contribution in [0.4, 0.5) is 11.4 Å². The summed E-state index contributed by atoms with van der Waals surface area (Å²) in [6.45, 7) is 0.944. The van der Waals surface area contributed by atoms with Crippen molar-refractivity contribution in [2.75, 3.05) is 31.3 Å². The number of carboxylic acid groups (broad SMARTS) is 1. The number of aryl methyl sites for hydroxylation is 1. The van der Waals surface area contributed by atoms with Gasteiger partial charge in [-0.05, 0) is 67.9 Å². The van der Waals surface area contributed by atoms with Crippen LogP contribution in [0.5, 0.6) is 0 Å². The number of carbonyl (C=O) groups is 2. The lowest BCUT2D eigenvalue weighted by Gasteiger charge is -2.16. The molecule has 1 heterocycles. The molecular weight excluding hydrogens is 506 g/mol. The maximum atomic E-state index is 13.1. The van der Waals surface area contributed by atoms with Crippen molar-refractivity contribution in [2.45, 2.75) is 19.3 Å². The Morgan fingerprint density at radius 3 is 2.49 bits per heavy atom. The number of aliphatic carboxylic acids is 1. The average Bonchev–Trinajstić information content (AvgIpc) is 3.15. The normalized spacial score (nSPS) is 14.0. The van der Waals surface area contributed by atoms with Gasteiger partial charge >= 0.3 is 5.97 Å². The zero-order valence-corrected chi connectivity index (χ0v) is 21.4. The number of hydrogen-bond donors (Lipinski definition) is 3. The van der Waals surface area contributed by atoms with E-state index in [2.05, 4.69) is 57.7 Å². The second-order valence-electron chi connectivity index (χ2n) is 8.86. The Morgan fingerprint density at radius 1 is 1.00 bits per heavy atom. The minimum absolute atomic E-state index is 0.0793. The number of nitrogens with zero attached hydrogens (tertiary/aromatic N) is 1. The van der Waals surface area contributed by atoms with Crippen molar-refractivity contribution in [3.63, 3.8) is 0 Å². The Morgan fingerprint density at radius 2 is 1.77 bits per heavy atom. The van der Waals surface area contributed by atoms with Crippen molar-refractivity contribution >= 4 is 50.5 Å². The predicted octanol–water partition coefficient (Wildman–Crippen LogP) is 5.50. The molecule has 1 amide bonds. The number of fused-ring (bicyclic) bond motifs is 1. The van der Waals surface area contributed by atoms with Gasteiger partial charge in [0.1, 0.15) is 0 Å². The first-order valence-corrected chi connectivity index (χ1v) is 12.3. The second kappa shape index (κ2) is 10.9. The molecule has 0 aliphatic carbocycles. The summed E-state index contributed by atoms with van der Waals surface area (Å²) in [7, 11) is 4.11. The van der Waals surface area contributed by atoms with E-state index >= 15 is 0 Å². The first kappa shape index (κ1) is 24.7. The molecule has 3 aromatic rings. The van der Waals surface area contributed by atoms with Gasteiger partial charge in [-0.15, -0.1) is 0 Å². The molecule has 0 atom stereocenters. The van der Waals surface area contributed by atoms with Crippen LogP contribution in [-0.4, -0.2) is 42.5 Å². The van der Waals surface area contributed by atoms with Crippen molar-refractivity contribution in [2.24, 2.45) is 0 Å². The molecule has 0 fully saturated rings. The summed E-state index contributed by atoms with van der Waals surface area (Å²) < 4.78 is 0.892. The van der Waals surface area contributed by atoms with Crippen molar-refractivity contribution in [3.05, 3.63) is 93.5 Å². The maximum Gasteiger partial charge on any atom is 0.303 e. The molecular formula is C28H28BrN3O3. The fourth-order valence-electron chi connectivity index (χ4n) is 4.06. The zero-order chi connectivity index (χ0) is 24.9. The van der Waals surface area contributed by atoms with E-state index in [9.17, 15) is 9.59 Å². The first-order chi connectivity index (χ1) is 16.8. The third-order valence-electron chi connectivity index (χ3n) is 5.89. The molecule has 3 aromatic carbocycles. The number of anilines is 2. The van der Waals surface area contributed by atoms with Crippen LogP contribution in [0.3, 0.4) is 0 Å². The van der Waals surface area contributed by atoms with E-state index in [1.54, 1.807) is 0 Å². The fourth-order valence-corrected chi connectivity index (χ4v) is 4.42. The van der Waals surface area contributed by atoms with Crippen LogP contribution < -0.4 is 10.6 Å². The van der Waals surface area contributed by atoms with E-state index < -0.39 is 5.97 Å². The Balaban J connectivity index is 1.74. The Kier molecular flexibility index (Phi) is 7.68. The number of amides is 1. The number of carboxylic acids is 1. The van der Waals surface area contributed by atoms with Gasteiger partial charge in [-0.1, -0.05) is 58.4 Å². The highest BCUT2D eigenvalue weighted by atomic mass is 79.9. The van der Waals surface area contributed by atoms with Gasteiger partial charge in [0, 0.05) is 28.7 Å². The molecule has 1 aliphatic heterocycles. The summed E-state index contributed by atoms with van der Waals surface area (Å²) in [4.78, 5) is 26.2. The predicted molar refractivity (Wildman–Crippen MR) is 144 cm³/mol. The van der Waals surface area contributed by atoms with E-state index in [1.807, 2.05) is 54.6 Å². The molecule has 7 heteroatoms. The first-order valence-electron chi connectivity index (χ1n) is 11.5. The van der Waals surface area contributed by atoms with Crippen LogP contribution in [0.15, 0.2) is 71.2 Å². The zero-order valence-electron chi connectivity index (χ0n) is 19.8. The lowest BCUT2D eigenvalue weighted by atomic mass is 9.98. The Bertz CT molecular complexity index is 1280. The molecule has 0 spiro atoms. The third kappa shape index (κ3) is 6.18. The molecule has 0 aromatic heterocycles. The molecule has 3 N–H and O–H groups in total. The standard InChI is InChI=1S/C28H28BrN3O3/c1-32(2)15-14-19-4-3-5-22(16-19)30-27(20-9-6-18(7-10-20)8-13-25(33)34)26-23-12-11-21(29)17-24(23)31-28(26)35/h3-7,9-12,16-17,30H,8,13-15H2,1-2H3,(H,31,35)(H,33,34).